The van der Waals surface area contributed by atoms with Gasteiger partial charge in [0.25, 0.3) is 0 Å². The summed E-state index contributed by atoms with van der Waals surface area (Å²) in [6.45, 7) is 8.91. The Morgan fingerprint density at radius 1 is 1.23 bits per heavy atom. The summed E-state index contributed by atoms with van der Waals surface area (Å²) >= 11 is 5.81. The number of nitrogens with one attached hydrogen (secondary N) is 2. The molecule has 2 N–H and O–H groups in total. The Kier molecular flexibility index (Phi) is 6.99. The highest BCUT2D eigenvalue weighted by Gasteiger charge is 2.38. The van der Waals surface area contributed by atoms with E-state index in [0.29, 0.717) is 11.6 Å². The van der Waals surface area contributed by atoms with Crippen LogP contribution in [0.3, 0.4) is 0 Å². The molecule has 0 aromatic heterocycles. The fourth-order valence-corrected chi connectivity index (χ4v) is 3.57. The molecule has 22 heavy (non-hydrogen) atoms. The van der Waals surface area contributed by atoms with Crippen LogP contribution in [0, 0.1) is 0 Å². The SMILES string of the molecule is C=C(Cl)CNC(=NC)NCC1(N2CCOCC2)CCCCC1. The molecule has 1 heterocycles. The summed E-state index contributed by atoms with van der Waals surface area (Å²) < 4.78 is 5.52. The van der Waals surface area contributed by atoms with E-state index in [2.05, 4.69) is 27.1 Å². The van der Waals surface area contributed by atoms with Gasteiger partial charge < -0.3 is 15.4 Å². The molecule has 2 fully saturated rings. The fourth-order valence-electron chi connectivity index (χ4n) is 3.50. The molecule has 2 rings (SSSR count). The number of nitrogens with zero attached hydrogens (tertiary/aromatic N) is 2. The Morgan fingerprint density at radius 2 is 1.91 bits per heavy atom. The van der Waals surface area contributed by atoms with E-state index in [-0.39, 0.29) is 5.54 Å². The van der Waals surface area contributed by atoms with E-state index >= 15 is 0 Å². The lowest BCUT2D eigenvalue weighted by Crippen LogP contribution is -2.60. The van der Waals surface area contributed by atoms with Gasteiger partial charge in [0.2, 0.25) is 0 Å². The van der Waals surface area contributed by atoms with E-state index in [1.165, 1.54) is 32.1 Å². The zero-order valence-corrected chi connectivity index (χ0v) is 14.4. The predicted octanol–water partition coefficient (Wildman–Crippen LogP) is 1.94. The highest BCUT2D eigenvalue weighted by molar-refractivity contribution is 6.29. The highest BCUT2D eigenvalue weighted by atomic mass is 35.5. The molecule has 0 aromatic rings. The van der Waals surface area contributed by atoms with Crippen molar-refractivity contribution in [1.29, 1.82) is 0 Å². The smallest absolute Gasteiger partial charge is 0.191 e. The van der Waals surface area contributed by atoms with E-state index in [1.54, 1.807) is 7.05 Å². The predicted molar refractivity (Wildman–Crippen MR) is 92.6 cm³/mol. The number of halogens is 1. The Bertz CT molecular complexity index is 388. The van der Waals surface area contributed by atoms with Gasteiger partial charge in [0.05, 0.1) is 19.8 Å². The van der Waals surface area contributed by atoms with Crippen LogP contribution in [0.25, 0.3) is 0 Å². The summed E-state index contributed by atoms with van der Waals surface area (Å²) in [5.74, 6) is 0.792. The second-order valence-electron chi connectivity index (χ2n) is 6.18. The van der Waals surface area contributed by atoms with Gasteiger partial charge in [-0.05, 0) is 12.8 Å². The molecule has 1 aliphatic heterocycles. The first kappa shape index (κ1) is 17.6. The molecule has 0 spiro atoms. The molecule has 1 aliphatic carbocycles. The maximum atomic E-state index is 5.81. The number of hydrogen-bond donors (Lipinski definition) is 2. The minimum atomic E-state index is 0.234. The summed E-state index contributed by atoms with van der Waals surface area (Å²) in [5, 5.41) is 7.27. The quantitative estimate of drug-likeness (QED) is 0.598. The lowest BCUT2D eigenvalue weighted by molar-refractivity contribution is -0.0352. The first-order valence-electron chi connectivity index (χ1n) is 8.27. The molecule has 0 aromatic carbocycles. The minimum Gasteiger partial charge on any atom is -0.379 e. The van der Waals surface area contributed by atoms with Crippen LogP contribution in [0.4, 0.5) is 0 Å². The average molecular weight is 329 g/mol. The van der Waals surface area contributed by atoms with Crippen LogP contribution in [0.5, 0.6) is 0 Å². The average Bonchev–Trinajstić information content (AvgIpc) is 2.56. The third-order valence-corrected chi connectivity index (χ3v) is 4.86. The molecule has 6 heteroatoms. The van der Waals surface area contributed by atoms with Gasteiger partial charge in [0, 0.05) is 37.3 Å². The lowest BCUT2D eigenvalue weighted by Gasteiger charge is -2.48. The number of guanidine groups is 1. The van der Waals surface area contributed by atoms with Crippen molar-refractivity contribution in [2.75, 3.05) is 46.4 Å². The zero-order chi connectivity index (χ0) is 15.8. The number of hydrogen-bond acceptors (Lipinski definition) is 3. The normalized spacial score (nSPS) is 23.1. The summed E-state index contributed by atoms with van der Waals surface area (Å²) in [7, 11) is 1.79. The first-order chi connectivity index (χ1) is 10.7. The van der Waals surface area contributed by atoms with Crippen LogP contribution in [0.15, 0.2) is 16.6 Å². The molecular formula is C16H29ClN4O. The van der Waals surface area contributed by atoms with Crippen LogP contribution in [0.2, 0.25) is 0 Å². The molecule has 0 unspecified atom stereocenters. The van der Waals surface area contributed by atoms with Crippen molar-refractivity contribution >= 4 is 17.6 Å². The van der Waals surface area contributed by atoms with Crippen LogP contribution in [-0.2, 0) is 4.74 Å². The molecule has 5 nitrogen and oxygen atoms in total. The Balaban J connectivity index is 1.95. The van der Waals surface area contributed by atoms with Crippen molar-refractivity contribution in [1.82, 2.24) is 15.5 Å². The highest BCUT2D eigenvalue weighted by Crippen LogP contribution is 2.33. The standard InChI is InChI=1S/C16H29ClN4O/c1-14(17)12-19-15(18-2)20-13-16(6-4-3-5-7-16)21-8-10-22-11-9-21/h1,3-13H2,2H3,(H2,18,19,20). The van der Waals surface area contributed by atoms with Crippen molar-refractivity contribution in [3.05, 3.63) is 11.6 Å². The maximum absolute atomic E-state index is 5.81. The number of rotatable bonds is 5. The molecule has 2 aliphatic rings. The van der Waals surface area contributed by atoms with Gasteiger partial charge in [-0.15, -0.1) is 0 Å². The van der Waals surface area contributed by atoms with Gasteiger partial charge in [0.1, 0.15) is 0 Å². The molecule has 0 bridgehead atoms. The van der Waals surface area contributed by atoms with Gasteiger partial charge in [-0.2, -0.15) is 0 Å². The number of aliphatic imine (C=N–C) groups is 1. The van der Waals surface area contributed by atoms with Gasteiger partial charge in [-0.25, -0.2) is 0 Å². The Morgan fingerprint density at radius 3 is 2.50 bits per heavy atom. The van der Waals surface area contributed by atoms with E-state index < -0.39 is 0 Å². The Labute approximate surface area is 139 Å². The van der Waals surface area contributed by atoms with Crippen molar-refractivity contribution in [2.45, 2.75) is 37.6 Å². The molecular weight excluding hydrogens is 300 g/mol. The molecule has 1 saturated heterocycles. The molecule has 0 radical (unpaired) electrons. The van der Waals surface area contributed by atoms with E-state index in [9.17, 15) is 0 Å². The molecule has 126 valence electrons. The van der Waals surface area contributed by atoms with Gasteiger partial charge in [-0.1, -0.05) is 37.4 Å². The van der Waals surface area contributed by atoms with Crippen LogP contribution in [-0.4, -0.2) is 62.8 Å². The lowest BCUT2D eigenvalue weighted by atomic mass is 9.80. The van der Waals surface area contributed by atoms with Crippen molar-refractivity contribution in [3.63, 3.8) is 0 Å². The third-order valence-electron chi connectivity index (χ3n) is 4.72. The van der Waals surface area contributed by atoms with Gasteiger partial charge in [0.15, 0.2) is 5.96 Å². The summed E-state index contributed by atoms with van der Waals surface area (Å²) in [4.78, 5) is 6.89. The van der Waals surface area contributed by atoms with Crippen molar-refractivity contribution in [2.24, 2.45) is 4.99 Å². The zero-order valence-electron chi connectivity index (χ0n) is 13.7. The van der Waals surface area contributed by atoms with Crippen molar-refractivity contribution < 1.29 is 4.74 Å². The summed E-state index contributed by atoms with van der Waals surface area (Å²) in [6.07, 6.45) is 6.47. The monoisotopic (exact) mass is 328 g/mol. The van der Waals surface area contributed by atoms with Crippen molar-refractivity contribution in [3.8, 4) is 0 Å². The van der Waals surface area contributed by atoms with Gasteiger partial charge in [-0.3, -0.25) is 9.89 Å². The molecule has 0 amide bonds. The van der Waals surface area contributed by atoms with E-state index in [4.69, 9.17) is 16.3 Å². The number of ether oxygens (including phenoxy) is 1. The largest absolute Gasteiger partial charge is 0.379 e. The van der Waals surface area contributed by atoms with Gasteiger partial charge >= 0.3 is 0 Å². The molecule has 0 atom stereocenters. The Hall–Kier alpha value is -0.780. The van der Waals surface area contributed by atoms with Crippen LogP contribution < -0.4 is 10.6 Å². The second kappa shape index (κ2) is 8.75. The number of morpholine rings is 1. The van der Waals surface area contributed by atoms with E-state index in [1.807, 2.05) is 0 Å². The fraction of sp³-hybridized carbons (Fsp3) is 0.812. The molecule has 1 saturated carbocycles. The second-order valence-corrected chi connectivity index (χ2v) is 6.72. The summed E-state index contributed by atoms with van der Waals surface area (Å²) in [6, 6.07) is 0. The summed E-state index contributed by atoms with van der Waals surface area (Å²) in [5.41, 5.74) is 0.234. The van der Waals surface area contributed by atoms with Crippen LogP contribution >= 0.6 is 11.6 Å². The topological polar surface area (TPSA) is 48.9 Å². The van der Waals surface area contributed by atoms with Crippen LogP contribution in [0.1, 0.15) is 32.1 Å². The third kappa shape index (κ3) is 4.86. The first-order valence-corrected chi connectivity index (χ1v) is 8.65. The maximum Gasteiger partial charge on any atom is 0.191 e. The minimum absolute atomic E-state index is 0.234. The van der Waals surface area contributed by atoms with E-state index in [0.717, 1.165) is 38.8 Å².